The van der Waals surface area contributed by atoms with Crippen molar-refractivity contribution in [3.63, 3.8) is 0 Å². The van der Waals surface area contributed by atoms with Crippen LogP contribution in [0.25, 0.3) is 0 Å². The van der Waals surface area contributed by atoms with E-state index >= 15 is 0 Å². The summed E-state index contributed by atoms with van der Waals surface area (Å²) in [6.07, 6.45) is 4.63. The first-order valence-corrected chi connectivity index (χ1v) is 4.65. The van der Waals surface area contributed by atoms with Crippen molar-refractivity contribution in [3.05, 3.63) is 18.2 Å². The SMILES string of the molecule is CCOCCCn1cncc1CN. The van der Waals surface area contributed by atoms with Crippen LogP contribution in [0.15, 0.2) is 12.5 Å². The Kier molecular flexibility index (Phi) is 4.49. The number of ether oxygens (including phenoxy) is 1. The average molecular weight is 183 g/mol. The fourth-order valence-electron chi connectivity index (χ4n) is 1.20. The van der Waals surface area contributed by atoms with E-state index in [1.165, 1.54) is 0 Å². The molecule has 0 saturated heterocycles. The van der Waals surface area contributed by atoms with E-state index in [4.69, 9.17) is 10.5 Å². The van der Waals surface area contributed by atoms with Crippen LogP contribution < -0.4 is 5.73 Å². The van der Waals surface area contributed by atoms with Crippen LogP contribution in [0, 0.1) is 0 Å². The molecule has 1 aromatic rings. The highest BCUT2D eigenvalue weighted by Crippen LogP contribution is 1.99. The number of aromatic nitrogens is 2. The van der Waals surface area contributed by atoms with Gasteiger partial charge in [0, 0.05) is 32.5 Å². The fourth-order valence-corrected chi connectivity index (χ4v) is 1.20. The Morgan fingerprint density at radius 2 is 2.46 bits per heavy atom. The minimum atomic E-state index is 0.550. The number of rotatable bonds is 6. The van der Waals surface area contributed by atoms with Gasteiger partial charge in [-0.15, -0.1) is 0 Å². The summed E-state index contributed by atoms with van der Waals surface area (Å²) in [4.78, 5) is 4.03. The van der Waals surface area contributed by atoms with Gasteiger partial charge in [-0.2, -0.15) is 0 Å². The highest BCUT2D eigenvalue weighted by Gasteiger charge is 1.98. The van der Waals surface area contributed by atoms with Crippen molar-refractivity contribution in [3.8, 4) is 0 Å². The molecule has 0 saturated carbocycles. The molecule has 0 atom stereocenters. The monoisotopic (exact) mass is 183 g/mol. The number of hydrogen-bond acceptors (Lipinski definition) is 3. The molecule has 4 nitrogen and oxygen atoms in total. The number of nitrogens with two attached hydrogens (primary N) is 1. The Hall–Kier alpha value is -0.870. The summed E-state index contributed by atoms with van der Waals surface area (Å²) < 4.78 is 7.31. The van der Waals surface area contributed by atoms with Crippen LogP contribution in [0.2, 0.25) is 0 Å². The second-order valence-corrected chi connectivity index (χ2v) is 2.83. The maximum Gasteiger partial charge on any atom is 0.0948 e. The lowest BCUT2D eigenvalue weighted by molar-refractivity contribution is 0.141. The molecule has 1 aromatic heterocycles. The zero-order chi connectivity index (χ0) is 9.52. The van der Waals surface area contributed by atoms with Gasteiger partial charge in [-0.1, -0.05) is 0 Å². The highest BCUT2D eigenvalue weighted by molar-refractivity contribution is 4.96. The van der Waals surface area contributed by atoms with Gasteiger partial charge in [0.2, 0.25) is 0 Å². The van der Waals surface area contributed by atoms with Gasteiger partial charge in [-0.3, -0.25) is 0 Å². The predicted octanol–water partition coefficient (Wildman–Crippen LogP) is 0.768. The number of hydrogen-bond donors (Lipinski definition) is 1. The third-order valence-corrected chi connectivity index (χ3v) is 1.90. The number of nitrogens with zero attached hydrogens (tertiary/aromatic N) is 2. The van der Waals surface area contributed by atoms with Crippen molar-refractivity contribution in [2.75, 3.05) is 13.2 Å². The van der Waals surface area contributed by atoms with E-state index in [0.29, 0.717) is 6.54 Å². The van der Waals surface area contributed by atoms with Crippen LogP contribution in [0.3, 0.4) is 0 Å². The lowest BCUT2D eigenvalue weighted by Gasteiger charge is -2.05. The van der Waals surface area contributed by atoms with Gasteiger partial charge in [-0.25, -0.2) is 4.98 Å². The molecule has 0 fully saturated rings. The van der Waals surface area contributed by atoms with E-state index in [1.54, 1.807) is 6.20 Å². The molecular weight excluding hydrogens is 166 g/mol. The minimum absolute atomic E-state index is 0.550. The van der Waals surface area contributed by atoms with Gasteiger partial charge in [0.05, 0.1) is 12.0 Å². The molecule has 0 amide bonds. The summed E-state index contributed by atoms with van der Waals surface area (Å²) in [5.74, 6) is 0. The lowest BCUT2D eigenvalue weighted by atomic mass is 10.4. The molecule has 0 unspecified atom stereocenters. The average Bonchev–Trinajstić information content (AvgIpc) is 2.60. The first-order chi connectivity index (χ1) is 6.38. The van der Waals surface area contributed by atoms with Gasteiger partial charge < -0.3 is 15.0 Å². The molecule has 0 radical (unpaired) electrons. The van der Waals surface area contributed by atoms with Crippen molar-refractivity contribution in [2.24, 2.45) is 5.73 Å². The Bertz CT molecular complexity index is 235. The van der Waals surface area contributed by atoms with Crippen molar-refractivity contribution >= 4 is 0 Å². The van der Waals surface area contributed by atoms with Crippen LogP contribution in [-0.2, 0) is 17.8 Å². The smallest absolute Gasteiger partial charge is 0.0948 e. The van der Waals surface area contributed by atoms with Crippen molar-refractivity contribution in [1.29, 1.82) is 0 Å². The number of aryl methyl sites for hydroxylation is 1. The van der Waals surface area contributed by atoms with Crippen LogP contribution in [0.4, 0.5) is 0 Å². The summed E-state index contributed by atoms with van der Waals surface area (Å²) >= 11 is 0. The quantitative estimate of drug-likeness (QED) is 0.663. The molecule has 1 heterocycles. The fraction of sp³-hybridized carbons (Fsp3) is 0.667. The first kappa shape index (κ1) is 10.2. The van der Waals surface area contributed by atoms with E-state index < -0.39 is 0 Å². The van der Waals surface area contributed by atoms with Gasteiger partial charge in [-0.05, 0) is 13.3 Å². The summed E-state index contributed by atoms with van der Waals surface area (Å²) in [6.45, 7) is 5.08. The van der Waals surface area contributed by atoms with Crippen LogP contribution in [0.5, 0.6) is 0 Å². The molecule has 2 N–H and O–H groups in total. The van der Waals surface area contributed by atoms with Crippen molar-refractivity contribution < 1.29 is 4.74 Å². The third-order valence-electron chi connectivity index (χ3n) is 1.90. The van der Waals surface area contributed by atoms with Crippen LogP contribution >= 0.6 is 0 Å². The molecule has 4 heteroatoms. The normalized spacial score (nSPS) is 10.6. The summed E-state index contributed by atoms with van der Waals surface area (Å²) in [6, 6.07) is 0. The summed E-state index contributed by atoms with van der Waals surface area (Å²) in [5, 5.41) is 0. The topological polar surface area (TPSA) is 53.1 Å². The maximum atomic E-state index is 5.53. The van der Waals surface area contributed by atoms with Crippen molar-refractivity contribution in [2.45, 2.75) is 26.4 Å². The Balaban J connectivity index is 2.27. The molecular formula is C9H17N3O. The predicted molar refractivity (Wildman–Crippen MR) is 51.2 cm³/mol. The van der Waals surface area contributed by atoms with Gasteiger partial charge in [0.15, 0.2) is 0 Å². The van der Waals surface area contributed by atoms with Crippen LogP contribution in [-0.4, -0.2) is 22.8 Å². The molecule has 1 rings (SSSR count). The Morgan fingerprint density at radius 3 is 3.15 bits per heavy atom. The molecule has 0 aliphatic rings. The molecule has 13 heavy (non-hydrogen) atoms. The second-order valence-electron chi connectivity index (χ2n) is 2.83. The van der Waals surface area contributed by atoms with Crippen molar-refractivity contribution in [1.82, 2.24) is 9.55 Å². The zero-order valence-corrected chi connectivity index (χ0v) is 8.07. The van der Waals surface area contributed by atoms with Gasteiger partial charge >= 0.3 is 0 Å². The Morgan fingerprint density at radius 1 is 1.62 bits per heavy atom. The zero-order valence-electron chi connectivity index (χ0n) is 8.07. The van der Waals surface area contributed by atoms with E-state index in [9.17, 15) is 0 Å². The molecule has 74 valence electrons. The third kappa shape index (κ3) is 3.16. The second kappa shape index (κ2) is 5.72. The minimum Gasteiger partial charge on any atom is -0.382 e. The van der Waals surface area contributed by atoms with E-state index in [2.05, 4.69) is 9.55 Å². The first-order valence-electron chi connectivity index (χ1n) is 4.65. The number of imidazole rings is 1. The van der Waals surface area contributed by atoms with E-state index in [1.807, 2.05) is 13.3 Å². The molecule has 0 aliphatic carbocycles. The van der Waals surface area contributed by atoms with Gasteiger partial charge in [0.1, 0.15) is 0 Å². The maximum absolute atomic E-state index is 5.53. The molecule has 0 aliphatic heterocycles. The van der Waals surface area contributed by atoms with E-state index in [0.717, 1.165) is 31.9 Å². The highest BCUT2D eigenvalue weighted by atomic mass is 16.5. The molecule has 0 aromatic carbocycles. The molecule has 0 bridgehead atoms. The standard InChI is InChI=1S/C9H17N3O/c1-2-13-5-3-4-12-8-11-7-9(12)6-10/h7-8H,2-6,10H2,1H3. The summed E-state index contributed by atoms with van der Waals surface area (Å²) in [5.41, 5.74) is 6.61. The van der Waals surface area contributed by atoms with E-state index in [-0.39, 0.29) is 0 Å². The van der Waals surface area contributed by atoms with Crippen LogP contribution in [0.1, 0.15) is 19.0 Å². The lowest BCUT2D eigenvalue weighted by Crippen LogP contribution is -2.08. The summed E-state index contributed by atoms with van der Waals surface area (Å²) in [7, 11) is 0. The Labute approximate surface area is 78.7 Å². The van der Waals surface area contributed by atoms with Gasteiger partial charge in [0.25, 0.3) is 0 Å². The largest absolute Gasteiger partial charge is 0.382 e. The molecule has 0 spiro atoms.